The minimum atomic E-state index is -2.87. The van der Waals surface area contributed by atoms with Crippen LogP contribution in [-0.4, -0.2) is 70.3 Å². The molecule has 37 heavy (non-hydrogen) atoms. The molecule has 0 spiro atoms. The van der Waals surface area contributed by atoms with Gasteiger partial charge in [0.25, 0.3) is 5.89 Å². The van der Waals surface area contributed by atoms with Crippen molar-refractivity contribution < 1.29 is 27.9 Å². The molecule has 1 saturated heterocycles. The molecule has 3 heterocycles. The molecular formula is C24H25ClF2N6O4. The van der Waals surface area contributed by atoms with Crippen LogP contribution in [0.1, 0.15) is 30.9 Å². The summed E-state index contributed by atoms with van der Waals surface area (Å²) >= 11 is 6.27. The Hall–Kier alpha value is -3.64. The Morgan fingerprint density at radius 2 is 2.00 bits per heavy atom. The molecule has 1 aromatic carbocycles. The van der Waals surface area contributed by atoms with Gasteiger partial charge in [-0.25, -0.2) is 0 Å². The third kappa shape index (κ3) is 6.03. The number of aromatic nitrogens is 3. The molecule has 3 aromatic rings. The van der Waals surface area contributed by atoms with Crippen LogP contribution in [0.3, 0.4) is 0 Å². The van der Waals surface area contributed by atoms with Gasteiger partial charge in [0.05, 0.1) is 29.2 Å². The smallest absolute Gasteiger partial charge is 0.314 e. The quantitative estimate of drug-likeness (QED) is 0.416. The Kier molecular flexibility index (Phi) is 8.29. The van der Waals surface area contributed by atoms with Crippen LogP contribution in [0.2, 0.25) is 5.02 Å². The summed E-state index contributed by atoms with van der Waals surface area (Å²) in [5, 5.41) is 16.5. The van der Waals surface area contributed by atoms with E-state index in [4.69, 9.17) is 21.1 Å². The molecule has 0 aliphatic carbocycles. The van der Waals surface area contributed by atoms with E-state index >= 15 is 0 Å². The fourth-order valence-corrected chi connectivity index (χ4v) is 4.43. The highest BCUT2D eigenvalue weighted by atomic mass is 35.5. The van der Waals surface area contributed by atoms with E-state index in [1.165, 1.54) is 11.1 Å². The number of aliphatic hydroxyl groups is 1. The Bertz CT molecular complexity index is 1230. The first-order chi connectivity index (χ1) is 17.8. The number of aliphatic hydroxyl groups excluding tert-OH is 1. The zero-order chi connectivity index (χ0) is 26.5. The number of carbonyl (C=O) groups excluding carboxylic acids is 2. The largest absolute Gasteiger partial charge is 0.415 e. The van der Waals surface area contributed by atoms with E-state index in [-0.39, 0.29) is 24.4 Å². The lowest BCUT2D eigenvalue weighted by Gasteiger charge is -2.39. The first-order valence-electron chi connectivity index (χ1n) is 11.5. The maximum atomic E-state index is 12.7. The van der Waals surface area contributed by atoms with Crippen LogP contribution in [0.4, 0.5) is 20.2 Å². The van der Waals surface area contributed by atoms with Crippen molar-refractivity contribution >= 4 is 35.3 Å². The molecule has 2 amide bonds. The van der Waals surface area contributed by atoms with Crippen molar-refractivity contribution in [3.63, 3.8) is 0 Å². The number of nitrogens with zero attached hydrogens (tertiary/aromatic N) is 6. The lowest BCUT2D eigenvalue weighted by molar-refractivity contribution is -0.135. The molecule has 4 rings (SSSR count). The fourth-order valence-electron chi connectivity index (χ4n) is 4.26. The van der Waals surface area contributed by atoms with Crippen LogP contribution in [-0.2, 0) is 16.1 Å². The number of hydrogen-bond donors (Lipinski definition) is 1. The second kappa shape index (κ2) is 11.6. The Morgan fingerprint density at radius 3 is 2.59 bits per heavy atom. The lowest BCUT2D eigenvalue weighted by atomic mass is 10.0. The SMILES string of the molecule is CN(c1ccc(Cl)cc1N(C=O)Cc1ccc(-c2nnc(C(F)F)o2)cn1)C1CCN(C(=O)CO)CC1. The summed E-state index contributed by atoms with van der Waals surface area (Å²) in [4.78, 5) is 33.4. The molecular weight excluding hydrogens is 510 g/mol. The summed E-state index contributed by atoms with van der Waals surface area (Å²) < 4.78 is 30.4. The normalized spacial score (nSPS) is 14.2. The zero-order valence-electron chi connectivity index (χ0n) is 19.9. The Morgan fingerprint density at radius 1 is 1.24 bits per heavy atom. The average molecular weight is 535 g/mol. The molecule has 196 valence electrons. The molecule has 1 aliphatic rings. The number of halogens is 3. The second-order valence-electron chi connectivity index (χ2n) is 8.53. The molecule has 1 fully saturated rings. The van der Waals surface area contributed by atoms with Gasteiger partial charge in [0.1, 0.15) is 6.61 Å². The summed E-state index contributed by atoms with van der Waals surface area (Å²) in [6.45, 7) is 0.686. The van der Waals surface area contributed by atoms with Gasteiger partial charge in [-0.1, -0.05) is 11.6 Å². The van der Waals surface area contributed by atoms with Crippen LogP contribution in [0.5, 0.6) is 0 Å². The topological polar surface area (TPSA) is 116 Å². The van der Waals surface area contributed by atoms with Gasteiger partial charge >= 0.3 is 6.43 Å². The Labute approximate surface area is 216 Å². The number of benzene rings is 1. The number of rotatable bonds is 9. The standard InChI is InChI=1S/C24H25ClF2N6O4/c1-31(18-6-8-32(9-7-18)21(36)13-34)19-5-3-16(25)10-20(19)33(14-35)12-17-4-2-15(11-28-17)23-29-30-24(37-23)22(26)27/h2-5,10-11,14,18,22,34H,6-9,12-13H2,1H3. The van der Waals surface area contributed by atoms with Crippen molar-refractivity contribution in [2.24, 2.45) is 0 Å². The van der Waals surface area contributed by atoms with Crippen molar-refractivity contribution in [2.45, 2.75) is 31.9 Å². The number of carbonyl (C=O) groups is 2. The predicted octanol–water partition coefficient (Wildman–Crippen LogP) is 3.31. The highest BCUT2D eigenvalue weighted by molar-refractivity contribution is 6.31. The van der Waals surface area contributed by atoms with Crippen molar-refractivity contribution in [1.82, 2.24) is 20.1 Å². The van der Waals surface area contributed by atoms with E-state index in [2.05, 4.69) is 20.1 Å². The number of amides is 2. The van der Waals surface area contributed by atoms with Crippen LogP contribution in [0.15, 0.2) is 40.9 Å². The average Bonchev–Trinajstić information content (AvgIpc) is 3.42. The number of hydrogen-bond acceptors (Lipinski definition) is 8. The molecule has 2 aromatic heterocycles. The molecule has 1 N–H and O–H groups in total. The number of anilines is 2. The van der Waals surface area contributed by atoms with Gasteiger partial charge in [-0.2, -0.15) is 8.78 Å². The molecule has 0 bridgehead atoms. The second-order valence-corrected chi connectivity index (χ2v) is 8.97. The molecule has 0 atom stereocenters. The first-order valence-corrected chi connectivity index (χ1v) is 11.9. The molecule has 13 heteroatoms. The number of pyridine rings is 1. The van der Waals surface area contributed by atoms with E-state index in [1.807, 2.05) is 13.1 Å². The van der Waals surface area contributed by atoms with Gasteiger partial charge in [0.2, 0.25) is 18.2 Å². The van der Waals surface area contributed by atoms with Gasteiger partial charge in [0, 0.05) is 37.4 Å². The molecule has 0 radical (unpaired) electrons. The Balaban J connectivity index is 1.51. The van der Waals surface area contributed by atoms with Gasteiger partial charge in [-0.15, -0.1) is 10.2 Å². The fraction of sp³-hybridized carbons (Fsp3) is 0.375. The monoisotopic (exact) mass is 534 g/mol. The van der Waals surface area contributed by atoms with Crippen LogP contribution in [0, 0.1) is 0 Å². The van der Waals surface area contributed by atoms with Crippen LogP contribution < -0.4 is 9.80 Å². The van der Waals surface area contributed by atoms with E-state index in [1.54, 1.807) is 29.2 Å². The maximum absolute atomic E-state index is 12.7. The van der Waals surface area contributed by atoms with Crippen molar-refractivity contribution in [1.29, 1.82) is 0 Å². The minimum Gasteiger partial charge on any atom is -0.415 e. The summed E-state index contributed by atoms with van der Waals surface area (Å²) in [5.74, 6) is -1.13. The van der Waals surface area contributed by atoms with E-state index < -0.39 is 18.9 Å². The molecule has 0 unspecified atom stereocenters. The van der Waals surface area contributed by atoms with Crippen molar-refractivity contribution in [3.8, 4) is 11.5 Å². The highest BCUT2D eigenvalue weighted by Gasteiger charge is 2.27. The van der Waals surface area contributed by atoms with Gasteiger partial charge < -0.3 is 24.2 Å². The summed E-state index contributed by atoms with van der Waals surface area (Å²) in [6.07, 6.45) is 0.645. The summed E-state index contributed by atoms with van der Waals surface area (Å²) in [5.41, 5.74) is 2.28. The zero-order valence-corrected chi connectivity index (χ0v) is 20.7. The number of piperidine rings is 1. The first kappa shape index (κ1) is 26.4. The molecule has 10 nitrogen and oxygen atoms in total. The van der Waals surface area contributed by atoms with E-state index in [9.17, 15) is 18.4 Å². The molecule has 0 saturated carbocycles. The lowest BCUT2D eigenvalue weighted by Crippen LogP contribution is -2.46. The summed E-state index contributed by atoms with van der Waals surface area (Å²) in [7, 11) is 1.93. The number of likely N-dealkylation sites (tertiary alicyclic amines) is 1. The predicted molar refractivity (Wildman–Crippen MR) is 131 cm³/mol. The van der Waals surface area contributed by atoms with Crippen molar-refractivity contribution in [3.05, 3.63) is 53.1 Å². The van der Waals surface area contributed by atoms with Crippen LogP contribution >= 0.6 is 11.6 Å². The highest BCUT2D eigenvalue weighted by Crippen LogP contribution is 2.35. The van der Waals surface area contributed by atoms with Gasteiger partial charge in [0.15, 0.2) is 0 Å². The number of alkyl halides is 2. The van der Waals surface area contributed by atoms with Gasteiger partial charge in [-0.3, -0.25) is 14.6 Å². The van der Waals surface area contributed by atoms with E-state index in [0.29, 0.717) is 54.3 Å². The third-order valence-electron chi connectivity index (χ3n) is 6.29. The maximum Gasteiger partial charge on any atom is 0.314 e. The minimum absolute atomic E-state index is 0.0768. The third-order valence-corrected chi connectivity index (χ3v) is 6.52. The van der Waals surface area contributed by atoms with E-state index in [0.717, 1.165) is 5.69 Å². The van der Waals surface area contributed by atoms with Crippen LogP contribution in [0.25, 0.3) is 11.5 Å². The van der Waals surface area contributed by atoms with Gasteiger partial charge in [-0.05, 0) is 43.2 Å². The van der Waals surface area contributed by atoms with Crippen molar-refractivity contribution in [2.75, 3.05) is 36.5 Å². The summed E-state index contributed by atoms with van der Waals surface area (Å²) in [6, 6.07) is 8.63. The molecule has 1 aliphatic heterocycles.